The summed E-state index contributed by atoms with van der Waals surface area (Å²) in [6, 6.07) is 11.3. The van der Waals surface area contributed by atoms with Gasteiger partial charge in [-0.3, -0.25) is 4.79 Å². The van der Waals surface area contributed by atoms with Crippen molar-refractivity contribution in [3.63, 3.8) is 0 Å². The highest BCUT2D eigenvalue weighted by Gasteiger charge is 2.24. The molecular weight excluding hydrogens is 404 g/mol. The van der Waals surface area contributed by atoms with Gasteiger partial charge in [0.1, 0.15) is 13.2 Å². The summed E-state index contributed by atoms with van der Waals surface area (Å²) in [7, 11) is -2.04. The molecule has 1 heterocycles. The number of carbonyl (C=O) groups is 1. The summed E-state index contributed by atoms with van der Waals surface area (Å²) in [4.78, 5) is 12.9. The molecule has 0 radical (unpaired) electrons. The van der Waals surface area contributed by atoms with Gasteiger partial charge in [-0.25, -0.2) is 8.42 Å². The molecule has 0 aromatic heterocycles. The SMILES string of the molecule is CCC(NC(=O)c1ccc(S(=O)(=O)N(C)C(C)C)cc1)c1ccc2c(c1)OCCO2. The summed E-state index contributed by atoms with van der Waals surface area (Å²) in [5.74, 6) is 1.11. The van der Waals surface area contributed by atoms with Crippen LogP contribution in [-0.2, 0) is 10.0 Å². The fourth-order valence-corrected chi connectivity index (χ4v) is 4.53. The van der Waals surface area contributed by atoms with Crippen molar-refractivity contribution in [3.05, 3.63) is 53.6 Å². The van der Waals surface area contributed by atoms with Gasteiger partial charge in [0.05, 0.1) is 10.9 Å². The molecule has 1 aliphatic rings. The minimum atomic E-state index is -3.58. The van der Waals surface area contributed by atoms with Crippen molar-refractivity contribution < 1.29 is 22.7 Å². The maximum atomic E-state index is 12.8. The largest absolute Gasteiger partial charge is 0.486 e. The lowest BCUT2D eigenvalue weighted by molar-refractivity contribution is 0.0935. The van der Waals surface area contributed by atoms with Crippen LogP contribution in [0, 0.1) is 0 Å². The number of hydrogen-bond acceptors (Lipinski definition) is 5. The molecule has 1 atom stereocenters. The van der Waals surface area contributed by atoms with Crippen molar-refractivity contribution >= 4 is 15.9 Å². The van der Waals surface area contributed by atoms with E-state index < -0.39 is 10.0 Å². The summed E-state index contributed by atoms with van der Waals surface area (Å²) in [6.45, 7) is 6.63. The van der Waals surface area contributed by atoms with Crippen LogP contribution in [0.4, 0.5) is 0 Å². The molecule has 0 saturated carbocycles. The van der Waals surface area contributed by atoms with Crippen LogP contribution in [0.5, 0.6) is 11.5 Å². The number of nitrogens with one attached hydrogen (secondary N) is 1. The Morgan fingerprint density at radius 1 is 1.07 bits per heavy atom. The van der Waals surface area contributed by atoms with Crippen molar-refractivity contribution in [2.75, 3.05) is 20.3 Å². The fourth-order valence-electron chi connectivity index (χ4n) is 3.16. The topological polar surface area (TPSA) is 84.9 Å². The third kappa shape index (κ3) is 4.60. The number of nitrogens with zero attached hydrogens (tertiary/aromatic N) is 1. The van der Waals surface area contributed by atoms with E-state index in [2.05, 4.69) is 5.32 Å². The Morgan fingerprint density at radius 2 is 1.70 bits per heavy atom. The van der Waals surface area contributed by atoms with E-state index in [1.54, 1.807) is 7.05 Å². The highest BCUT2D eigenvalue weighted by molar-refractivity contribution is 7.89. The van der Waals surface area contributed by atoms with Crippen molar-refractivity contribution in [3.8, 4) is 11.5 Å². The zero-order valence-corrected chi connectivity index (χ0v) is 18.5. The van der Waals surface area contributed by atoms with Crippen LogP contribution in [0.2, 0.25) is 0 Å². The van der Waals surface area contributed by atoms with Gasteiger partial charge in [0.2, 0.25) is 10.0 Å². The van der Waals surface area contributed by atoms with Crippen LogP contribution in [0.3, 0.4) is 0 Å². The van der Waals surface area contributed by atoms with Gasteiger partial charge < -0.3 is 14.8 Å². The number of amides is 1. The second kappa shape index (κ2) is 9.06. The molecule has 0 aliphatic carbocycles. The maximum Gasteiger partial charge on any atom is 0.251 e. The Bertz CT molecular complexity index is 1000. The Hall–Kier alpha value is -2.58. The van der Waals surface area contributed by atoms with Gasteiger partial charge in [-0.2, -0.15) is 4.31 Å². The van der Waals surface area contributed by atoms with E-state index in [0.717, 1.165) is 5.56 Å². The Balaban J connectivity index is 1.75. The lowest BCUT2D eigenvalue weighted by Crippen LogP contribution is -2.33. The molecule has 162 valence electrons. The minimum Gasteiger partial charge on any atom is -0.486 e. The molecule has 0 fully saturated rings. The van der Waals surface area contributed by atoms with E-state index in [0.29, 0.717) is 36.7 Å². The number of rotatable bonds is 7. The molecule has 3 rings (SSSR count). The minimum absolute atomic E-state index is 0.158. The first-order valence-corrected chi connectivity index (χ1v) is 11.5. The number of fused-ring (bicyclic) bond motifs is 1. The van der Waals surface area contributed by atoms with Crippen LogP contribution in [0.1, 0.15) is 49.2 Å². The van der Waals surface area contributed by atoms with E-state index in [-0.39, 0.29) is 22.9 Å². The molecule has 0 saturated heterocycles. The lowest BCUT2D eigenvalue weighted by atomic mass is 10.0. The average molecular weight is 433 g/mol. The van der Waals surface area contributed by atoms with Crippen molar-refractivity contribution in [1.29, 1.82) is 0 Å². The van der Waals surface area contributed by atoms with Crippen LogP contribution in [-0.4, -0.2) is 44.9 Å². The summed E-state index contributed by atoms with van der Waals surface area (Å²) in [5, 5.41) is 3.01. The third-order valence-corrected chi connectivity index (χ3v) is 7.25. The second-order valence-electron chi connectivity index (χ2n) is 7.48. The normalized spacial score (nSPS) is 14.6. The average Bonchev–Trinajstić information content (AvgIpc) is 2.76. The highest BCUT2D eigenvalue weighted by Crippen LogP contribution is 2.33. The molecular formula is C22H28N2O5S. The third-order valence-electron chi connectivity index (χ3n) is 5.20. The predicted octanol–water partition coefficient (Wildman–Crippen LogP) is 3.37. The first-order chi connectivity index (χ1) is 14.2. The molecule has 0 spiro atoms. The van der Waals surface area contributed by atoms with Crippen LogP contribution in [0.25, 0.3) is 0 Å². The number of benzene rings is 2. The first kappa shape index (κ1) is 22.1. The van der Waals surface area contributed by atoms with E-state index in [1.165, 1.54) is 28.6 Å². The van der Waals surface area contributed by atoms with Gasteiger partial charge >= 0.3 is 0 Å². The zero-order chi connectivity index (χ0) is 21.9. The van der Waals surface area contributed by atoms with Crippen molar-refractivity contribution in [2.24, 2.45) is 0 Å². The standard InChI is InChI=1S/C22H28N2O5S/c1-5-19(17-8-11-20-21(14-17)29-13-12-28-20)23-22(25)16-6-9-18(10-7-16)30(26,27)24(4)15(2)3/h6-11,14-15,19H,5,12-13H2,1-4H3,(H,23,25). The van der Waals surface area contributed by atoms with Gasteiger partial charge in [0, 0.05) is 18.7 Å². The summed E-state index contributed by atoms with van der Waals surface area (Å²) < 4.78 is 37.7. The number of sulfonamides is 1. The lowest BCUT2D eigenvalue weighted by Gasteiger charge is -2.22. The molecule has 0 bridgehead atoms. The molecule has 2 aromatic carbocycles. The highest BCUT2D eigenvalue weighted by atomic mass is 32.2. The zero-order valence-electron chi connectivity index (χ0n) is 17.7. The number of carbonyl (C=O) groups excluding carboxylic acids is 1. The monoisotopic (exact) mass is 432 g/mol. The number of hydrogen-bond donors (Lipinski definition) is 1. The van der Waals surface area contributed by atoms with Crippen LogP contribution in [0.15, 0.2) is 47.4 Å². The summed E-state index contributed by atoms with van der Waals surface area (Å²) in [5.41, 5.74) is 1.32. The molecule has 30 heavy (non-hydrogen) atoms. The first-order valence-electron chi connectivity index (χ1n) is 10.0. The Morgan fingerprint density at radius 3 is 2.30 bits per heavy atom. The maximum absolute atomic E-state index is 12.8. The molecule has 1 unspecified atom stereocenters. The molecule has 7 nitrogen and oxygen atoms in total. The van der Waals surface area contributed by atoms with E-state index in [9.17, 15) is 13.2 Å². The van der Waals surface area contributed by atoms with Crippen LogP contribution >= 0.6 is 0 Å². The van der Waals surface area contributed by atoms with Crippen molar-refractivity contribution in [2.45, 2.75) is 44.2 Å². The molecule has 2 aromatic rings. The molecule has 1 N–H and O–H groups in total. The Kier molecular flexibility index (Phi) is 6.67. The van der Waals surface area contributed by atoms with Gasteiger partial charge in [-0.05, 0) is 62.2 Å². The van der Waals surface area contributed by atoms with Gasteiger partial charge in [0.15, 0.2) is 11.5 Å². The second-order valence-corrected chi connectivity index (χ2v) is 9.47. The predicted molar refractivity (Wildman–Crippen MR) is 114 cm³/mol. The summed E-state index contributed by atoms with van der Waals surface area (Å²) >= 11 is 0. The van der Waals surface area contributed by atoms with Crippen molar-refractivity contribution in [1.82, 2.24) is 9.62 Å². The van der Waals surface area contributed by atoms with Gasteiger partial charge in [-0.1, -0.05) is 13.0 Å². The van der Waals surface area contributed by atoms with E-state index >= 15 is 0 Å². The van der Waals surface area contributed by atoms with Crippen LogP contribution < -0.4 is 14.8 Å². The van der Waals surface area contributed by atoms with E-state index in [4.69, 9.17) is 9.47 Å². The quantitative estimate of drug-likeness (QED) is 0.725. The van der Waals surface area contributed by atoms with E-state index in [1.807, 2.05) is 39.0 Å². The van der Waals surface area contributed by atoms with Gasteiger partial charge in [-0.15, -0.1) is 0 Å². The number of ether oxygens (including phenoxy) is 2. The molecule has 8 heteroatoms. The Labute approximate surface area is 178 Å². The fraction of sp³-hybridized carbons (Fsp3) is 0.409. The van der Waals surface area contributed by atoms with Gasteiger partial charge in [0.25, 0.3) is 5.91 Å². The molecule has 1 amide bonds. The summed E-state index contributed by atoms with van der Waals surface area (Å²) in [6.07, 6.45) is 0.691. The molecule has 1 aliphatic heterocycles. The smallest absolute Gasteiger partial charge is 0.251 e.